The van der Waals surface area contributed by atoms with E-state index in [4.69, 9.17) is 9.26 Å². The lowest BCUT2D eigenvalue weighted by molar-refractivity contribution is -0.123. The Hall–Kier alpha value is -2.65. The van der Waals surface area contributed by atoms with Crippen LogP contribution in [-0.2, 0) is 15.3 Å². The smallest absolute Gasteiger partial charge is 0.339 e. The summed E-state index contributed by atoms with van der Waals surface area (Å²) in [6, 6.07) is 8.77. The average Bonchev–Trinajstić information content (AvgIpc) is 3.27. The highest BCUT2D eigenvalue weighted by Gasteiger charge is 2.21. The van der Waals surface area contributed by atoms with Crippen molar-refractivity contribution >= 4 is 40.8 Å². The third-order valence-corrected chi connectivity index (χ3v) is 5.91. The molecule has 0 bridgehead atoms. The number of carbonyl (C=O) groups excluding carboxylic acids is 2. The number of thiazole rings is 1. The molecular weight excluding hydrogens is 398 g/mol. The van der Waals surface area contributed by atoms with Crippen LogP contribution in [0.1, 0.15) is 34.3 Å². The second-order valence-corrected chi connectivity index (χ2v) is 8.14. The molecule has 0 fully saturated rings. The Morgan fingerprint density at radius 2 is 2.11 bits per heavy atom. The van der Waals surface area contributed by atoms with Crippen LogP contribution in [0.5, 0.6) is 0 Å². The largest absolute Gasteiger partial charge is 0.449 e. The van der Waals surface area contributed by atoms with Gasteiger partial charge in [0.1, 0.15) is 10.1 Å². The number of nitrogens with zero attached hydrogens (tertiary/aromatic N) is 2. The van der Waals surface area contributed by atoms with Gasteiger partial charge in [0.25, 0.3) is 5.91 Å². The predicted molar refractivity (Wildman–Crippen MR) is 108 cm³/mol. The van der Waals surface area contributed by atoms with E-state index in [9.17, 15) is 9.59 Å². The first kappa shape index (κ1) is 20.1. The lowest BCUT2D eigenvalue weighted by atomic mass is 10.1. The van der Waals surface area contributed by atoms with Crippen LogP contribution in [0, 0.1) is 13.8 Å². The Morgan fingerprint density at radius 3 is 2.79 bits per heavy atom. The van der Waals surface area contributed by atoms with Gasteiger partial charge in [-0.15, -0.1) is 11.3 Å². The topological polar surface area (TPSA) is 94.3 Å². The predicted octanol–water partition coefficient (Wildman–Crippen LogP) is 4.22. The van der Waals surface area contributed by atoms with Crippen molar-refractivity contribution in [1.82, 2.24) is 10.1 Å². The van der Waals surface area contributed by atoms with E-state index in [1.807, 2.05) is 24.4 Å². The minimum Gasteiger partial charge on any atom is -0.449 e. The summed E-state index contributed by atoms with van der Waals surface area (Å²) in [4.78, 5) is 29.2. The number of aryl methyl sites for hydroxylation is 2. The minimum atomic E-state index is -0.980. The van der Waals surface area contributed by atoms with Gasteiger partial charge in [-0.05, 0) is 32.4 Å². The van der Waals surface area contributed by atoms with Gasteiger partial charge in [0, 0.05) is 22.9 Å². The summed E-state index contributed by atoms with van der Waals surface area (Å²) in [6.07, 6.45) is -0.980. The van der Waals surface area contributed by atoms with Crippen LogP contribution in [0.4, 0.5) is 5.82 Å². The van der Waals surface area contributed by atoms with Gasteiger partial charge < -0.3 is 14.6 Å². The third kappa shape index (κ3) is 5.20. The molecule has 9 heteroatoms. The van der Waals surface area contributed by atoms with Crippen LogP contribution in [0.25, 0.3) is 0 Å². The van der Waals surface area contributed by atoms with E-state index in [1.165, 1.54) is 6.92 Å². The molecule has 3 aromatic rings. The number of nitrogens with one attached hydrogen (secondary N) is 1. The summed E-state index contributed by atoms with van der Waals surface area (Å²) in [5, 5.41) is 8.23. The Labute approximate surface area is 170 Å². The molecule has 1 aromatic carbocycles. The van der Waals surface area contributed by atoms with E-state index in [0.29, 0.717) is 17.1 Å². The summed E-state index contributed by atoms with van der Waals surface area (Å²) >= 11 is 3.13. The first-order chi connectivity index (χ1) is 13.4. The molecule has 0 saturated heterocycles. The monoisotopic (exact) mass is 417 g/mol. The van der Waals surface area contributed by atoms with E-state index in [-0.39, 0.29) is 5.82 Å². The summed E-state index contributed by atoms with van der Waals surface area (Å²) < 4.78 is 11.2. The first-order valence-electron chi connectivity index (χ1n) is 8.50. The third-order valence-electron chi connectivity index (χ3n) is 3.72. The number of aromatic nitrogens is 2. The van der Waals surface area contributed by atoms with Crippen LogP contribution in [-0.4, -0.2) is 28.1 Å². The lowest BCUT2D eigenvalue weighted by Gasteiger charge is -2.14. The number of rotatable bonds is 7. The van der Waals surface area contributed by atoms with Crippen LogP contribution < -0.4 is 5.32 Å². The van der Waals surface area contributed by atoms with Crippen molar-refractivity contribution in [1.29, 1.82) is 0 Å². The minimum absolute atomic E-state index is 0.279. The van der Waals surface area contributed by atoms with Crippen LogP contribution >= 0.6 is 23.1 Å². The van der Waals surface area contributed by atoms with Gasteiger partial charge in [-0.2, -0.15) is 0 Å². The van der Waals surface area contributed by atoms with Gasteiger partial charge in [0.05, 0.1) is 5.56 Å². The first-order valence-corrected chi connectivity index (χ1v) is 10.4. The van der Waals surface area contributed by atoms with E-state index in [1.54, 1.807) is 48.2 Å². The van der Waals surface area contributed by atoms with Gasteiger partial charge in [0.15, 0.2) is 11.9 Å². The Balaban J connectivity index is 1.62. The zero-order valence-corrected chi connectivity index (χ0v) is 17.2. The van der Waals surface area contributed by atoms with E-state index >= 15 is 0 Å². The SMILES string of the molecule is Cc1csc(SCc2ccccc2C(=O)O[C@@H](C)C(=O)Nc2cc(C)on2)n1. The van der Waals surface area contributed by atoms with Gasteiger partial charge in [-0.3, -0.25) is 4.79 Å². The lowest BCUT2D eigenvalue weighted by Crippen LogP contribution is -2.30. The number of esters is 1. The second kappa shape index (κ2) is 9.03. The van der Waals surface area contributed by atoms with Crippen molar-refractivity contribution in [2.24, 2.45) is 0 Å². The molecule has 146 valence electrons. The fourth-order valence-corrected chi connectivity index (χ4v) is 4.17. The maximum atomic E-state index is 12.6. The normalized spacial score (nSPS) is 11.8. The summed E-state index contributed by atoms with van der Waals surface area (Å²) in [5.41, 5.74) is 2.23. The van der Waals surface area contributed by atoms with Crippen molar-refractivity contribution in [2.45, 2.75) is 37.0 Å². The molecule has 1 amide bonds. The van der Waals surface area contributed by atoms with E-state index < -0.39 is 18.0 Å². The maximum absolute atomic E-state index is 12.6. The van der Waals surface area contributed by atoms with Crippen molar-refractivity contribution in [3.05, 3.63) is 58.3 Å². The standard InChI is InChI=1S/C19H19N3O4S2/c1-11-9-27-19(20-11)28-10-14-6-4-5-7-15(14)18(24)25-13(3)17(23)21-16-8-12(2)26-22-16/h4-9,13H,10H2,1-3H3,(H,21,22,23)/t13-/m0/s1. The molecule has 0 spiro atoms. The van der Waals surface area contributed by atoms with Gasteiger partial charge in [-0.25, -0.2) is 9.78 Å². The molecule has 0 saturated carbocycles. The molecule has 2 heterocycles. The number of hydrogen-bond acceptors (Lipinski definition) is 8. The fraction of sp³-hybridized carbons (Fsp3) is 0.263. The zero-order valence-electron chi connectivity index (χ0n) is 15.6. The second-order valence-electron chi connectivity index (χ2n) is 6.06. The number of amides is 1. The Kier molecular flexibility index (Phi) is 6.48. The van der Waals surface area contributed by atoms with Crippen LogP contribution in [0.3, 0.4) is 0 Å². The van der Waals surface area contributed by atoms with Crippen molar-refractivity contribution in [3.8, 4) is 0 Å². The molecule has 7 nitrogen and oxygen atoms in total. The van der Waals surface area contributed by atoms with Crippen molar-refractivity contribution < 1.29 is 18.8 Å². The van der Waals surface area contributed by atoms with Crippen molar-refractivity contribution in [2.75, 3.05) is 5.32 Å². The molecule has 0 aliphatic rings. The summed E-state index contributed by atoms with van der Waals surface area (Å²) in [7, 11) is 0. The molecule has 1 N–H and O–H groups in total. The molecule has 28 heavy (non-hydrogen) atoms. The molecule has 0 unspecified atom stereocenters. The molecule has 3 rings (SSSR count). The van der Waals surface area contributed by atoms with E-state index in [0.717, 1.165) is 15.6 Å². The number of benzene rings is 1. The summed E-state index contributed by atoms with van der Waals surface area (Å²) in [6.45, 7) is 5.17. The molecule has 0 aliphatic carbocycles. The molecule has 2 aromatic heterocycles. The van der Waals surface area contributed by atoms with Crippen LogP contribution in [0.15, 0.2) is 44.6 Å². The van der Waals surface area contributed by atoms with Gasteiger partial charge in [-0.1, -0.05) is 35.1 Å². The quantitative estimate of drug-likeness (QED) is 0.454. The van der Waals surface area contributed by atoms with Gasteiger partial charge in [0.2, 0.25) is 0 Å². The molecular formula is C19H19N3O4S2. The average molecular weight is 418 g/mol. The molecule has 0 aliphatic heterocycles. The number of ether oxygens (including phenoxy) is 1. The molecule has 0 radical (unpaired) electrons. The number of carbonyl (C=O) groups is 2. The highest BCUT2D eigenvalue weighted by Crippen LogP contribution is 2.27. The highest BCUT2D eigenvalue weighted by molar-refractivity contribution is 8.00. The zero-order chi connectivity index (χ0) is 20.1. The highest BCUT2D eigenvalue weighted by atomic mass is 32.2. The van der Waals surface area contributed by atoms with E-state index in [2.05, 4.69) is 15.5 Å². The molecule has 1 atom stereocenters. The Bertz CT molecular complexity index is 983. The summed E-state index contributed by atoms with van der Waals surface area (Å²) in [5.74, 6) is 0.400. The number of thioether (sulfide) groups is 1. The van der Waals surface area contributed by atoms with Crippen molar-refractivity contribution in [3.63, 3.8) is 0 Å². The maximum Gasteiger partial charge on any atom is 0.339 e. The number of anilines is 1. The number of hydrogen-bond donors (Lipinski definition) is 1. The van der Waals surface area contributed by atoms with Gasteiger partial charge >= 0.3 is 5.97 Å². The Morgan fingerprint density at radius 1 is 1.32 bits per heavy atom. The van der Waals surface area contributed by atoms with Crippen LogP contribution in [0.2, 0.25) is 0 Å². The fourth-order valence-electron chi connectivity index (χ4n) is 2.31.